The number of ether oxygens (including phenoxy) is 1. The molecule has 0 aliphatic heterocycles. The maximum Gasteiger partial charge on any atom is 0.339 e. The van der Waals surface area contributed by atoms with E-state index >= 15 is 0 Å². The molecule has 8 nitrogen and oxygen atoms in total. The van der Waals surface area contributed by atoms with Crippen molar-refractivity contribution in [3.05, 3.63) is 93.5 Å². The Morgan fingerprint density at radius 2 is 1.68 bits per heavy atom. The molecule has 0 unspecified atom stereocenters. The molecular formula is C21H16ClN3O5S. The van der Waals surface area contributed by atoms with Crippen LogP contribution in [-0.4, -0.2) is 24.0 Å². The number of anilines is 1. The molecule has 0 aromatic heterocycles. The molecule has 3 rings (SSSR count). The molecule has 3 aromatic carbocycles. The predicted octanol–water partition coefficient (Wildman–Crippen LogP) is 5.32. The van der Waals surface area contributed by atoms with Crippen molar-refractivity contribution < 1.29 is 19.2 Å². The number of rotatable bonds is 6. The fourth-order valence-corrected chi connectivity index (χ4v) is 3.72. The van der Waals surface area contributed by atoms with E-state index in [-0.39, 0.29) is 21.2 Å². The molecule has 0 aliphatic carbocycles. The number of nitrogens with one attached hydrogen (secondary N) is 1. The number of halogens is 1. The number of nitrogens with zero attached hydrogens (tertiary/aromatic N) is 2. The van der Waals surface area contributed by atoms with Gasteiger partial charge in [-0.3, -0.25) is 20.2 Å². The van der Waals surface area contributed by atoms with E-state index in [9.17, 15) is 19.7 Å². The van der Waals surface area contributed by atoms with Gasteiger partial charge in [0.05, 0.1) is 28.3 Å². The van der Waals surface area contributed by atoms with Crippen LogP contribution in [0.15, 0.2) is 77.7 Å². The average molecular weight is 458 g/mol. The predicted molar refractivity (Wildman–Crippen MR) is 119 cm³/mol. The van der Waals surface area contributed by atoms with E-state index < -0.39 is 16.9 Å². The average Bonchev–Trinajstić information content (AvgIpc) is 2.78. The number of carbonyl (C=O) groups excluding carboxylic acids is 2. The van der Waals surface area contributed by atoms with E-state index in [4.69, 9.17) is 16.3 Å². The Labute approximate surface area is 187 Å². The van der Waals surface area contributed by atoms with Gasteiger partial charge in [0.25, 0.3) is 11.6 Å². The number of amides is 3. The fraction of sp³-hybridized carbons (Fsp3) is 0.0476. The Hall–Kier alpha value is -3.56. The van der Waals surface area contributed by atoms with Crippen LogP contribution in [0.4, 0.5) is 16.2 Å². The Kier molecular flexibility index (Phi) is 7.11. The first-order valence-electron chi connectivity index (χ1n) is 8.86. The molecule has 0 radical (unpaired) electrons. The molecule has 3 amide bonds. The van der Waals surface area contributed by atoms with E-state index in [0.717, 1.165) is 16.3 Å². The summed E-state index contributed by atoms with van der Waals surface area (Å²) in [7, 11) is 1.50. The second-order valence-electron chi connectivity index (χ2n) is 6.05. The Balaban J connectivity index is 1.93. The minimum Gasteiger partial charge on any atom is -0.497 e. The third-order valence-electron chi connectivity index (χ3n) is 4.08. The standard InChI is InChI=1S/C21H16ClN3O5S/c1-30-15-12-10-14(11-13-15)24(31-19-9-5-4-8-18(19)25(28)29)21(27)23-20(26)16-6-2-3-7-17(16)22/h2-13H,1H3,(H,23,26,27). The molecule has 0 aliphatic rings. The van der Waals surface area contributed by atoms with Gasteiger partial charge in [0.2, 0.25) is 0 Å². The topological polar surface area (TPSA) is 102 Å². The highest BCUT2D eigenvalue weighted by Crippen LogP contribution is 2.35. The first-order chi connectivity index (χ1) is 14.9. The van der Waals surface area contributed by atoms with Crippen molar-refractivity contribution in [3.63, 3.8) is 0 Å². The highest BCUT2D eigenvalue weighted by molar-refractivity contribution is 8.01. The number of nitro groups is 1. The normalized spacial score (nSPS) is 10.3. The van der Waals surface area contributed by atoms with Gasteiger partial charge >= 0.3 is 6.03 Å². The van der Waals surface area contributed by atoms with Gasteiger partial charge in [0.15, 0.2) is 0 Å². The molecular weight excluding hydrogens is 442 g/mol. The zero-order chi connectivity index (χ0) is 22.4. The van der Waals surface area contributed by atoms with Crippen molar-refractivity contribution in [1.29, 1.82) is 0 Å². The van der Waals surface area contributed by atoms with E-state index in [1.54, 1.807) is 42.5 Å². The lowest BCUT2D eigenvalue weighted by atomic mass is 10.2. The minimum atomic E-state index is -0.793. The van der Waals surface area contributed by atoms with Crippen molar-refractivity contribution >= 4 is 46.9 Å². The fourth-order valence-electron chi connectivity index (χ4n) is 2.57. The van der Waals surface area contributed by atoms with Gasteiger partial charge in [-0.15, -0.1) is 0 Å². The number of benzene rings is 3. The Morgan fingerprint density at radius 3 is 2.32 bits per heavy atom. The number of imide groups is 1. The van der Waals surface area contributed by atoms with E-state index in [1.807, 2.05) is 0 Å². The number of methoxy groups -OCH3 is 1. The summed E-state index contributed by atoms with van der Waals surface area (Å²) in [6, 6.07) is 18.0. The van der Waals surface area contributed by atoms with Crippen LogP contribution >= 0.6 is 23.5 Å². The van der Waals surface area contributed by atoms with Gasteiger partial charge in [-0.2, -0.15) is 0 Å². The summed E-state index contributed by atoms with van der Waals surface area (Å²) >= 11 is 6.85. The zero-order valence-corrected chi connectivity index (χ0v) is 17.7. The van der Waals surface area contributed by atoms with Gasteiger partial charge in [-0.05, 0) is 42.5 Å². The van der Waals surface area contributed by atoms with Crippen molar-refractivity contribution in [3.8, 4) is 5.75 Å². The quantitative estimate of drug-likeness (QED) is 0.305. The summed E-state index contributed by atoms with van der Waals surface area (Å²) in [6.45, 7) is 0. The van der Waals surface area contributed by atoms with Gasteiger partial charge < -0.3 is 4.74 Å². The van der Waals surface area contributed by atoms with Gasteiger partial charge in [-0.25, -0.2) is 9.10 Å². The molecule has 10 heteroatoms. The molecule has 0 heterocycles. The van der Waals surface area contributed by atoms with Crippen molar-refractivity contribution in [1.82, 2.24) is 5.32 Å². The van der Waals surface area contributed by atoms with E-state index in [1.165, 1.54) is 37.4 Å². The van der Waals surface area contributed by atoms with Crippen molar-refractivity contribution in [2.24, 2.45) is 0 Å². The number of hydrogen-bond acceptors (Lipinski definition) is 6. The molecule has 0 saturated heterocycles. The molecule has 1 N–H and O–H groups in total. The summed E-state index contributed by atoms with van der Waals surface area (Å²) in [5.74, 6) is -0.135. The highest BCUT2D eigenvalue weighted by Gasteiger charge is 2.25. The summed E-state index contributed by atoms with van der Waals surface area (Å²) in [5, 5.41) is 13.8. The molecule has 3 aromatic rings. The number of urea groups is 1. The zero-order valence-electron chi connectivity index (χ0n) is 16.2. The van der Waals surface area contributed by atoms with Crippen LogP contribution in [0.25, 0.3) is 0 Å². The van der Waals surface area contributed by atoms with E-state index in [0.29, 0.717) is 11.4 Å². The van der Waals surface area contributed by atoms with Crippen molar-refractivity contribution in [2.45, 2.75) is 4.90 Å². The molecule has 31 heavy (non-hydrogen) atoms. The highest BCUT2D eigenvalue weighted by atomic mass is 35.5. The van der Waals surface area contributed by atoms with Crippen LogP contribution in [0.3, 0.4) is 0 Å². The lowest BCUT2D eigenvalue weighted by Gasteiger charge is -2.21. The summed E-state index contributed by atoms with van der Waals surface area (Å²) in [4.78, 5) is 36.6. The van der Waals surface area contributed by atoms with Crippen LogP contribution in [0, 0.1) is 10.1 Å². The summed E-state index contributed by atoms with van der Waals surface area (Å²) < 4.78 is 6.28. The molecule has 158 valence electrons. The lowest BCUT2D eigenvalue weighted by molar-refractivity contribution is -0.387. The van der Waals surface area contributed by atoms with Crippen LogP contribution in [0.1, 0.15) is 10.4 Å². The Morgan fingerprint density at radius 1 is 1.03 bits per heavy atom. The minimum absolute atomic E-state index is 0.128. The van der Waals surface area contributed by atoms with E-state index in [2.05, 4.69) is 5.32 Å². The monoisotopic (exact) mass is 457 g/mol. The maximum absolute atomic E-state index is 13.0. The third kappa shape index (κ3) is 5.33. The number of carbonyl (C=O) groups is 2. The first-order valence-corrected chi connectivity index (χ1v) is 10.0. The largest absolute Gasteiger partial charge is 0.497 e. The summed E-state index contributed by atoms with van der Waals surface area (Å²) in [6.07, 6.45) is 0. The van der Waals surface area contributed by atoms with Gasteiger partial charge in [0.1, 0.15) is 10.6 Å². The number of hydrogen-bond donors (Lipinski definition) is 1. The SMILES string of the molecule is COc1ccc(N(Sc2ccccc2[N+](=O)[O-])C(=O)NC(=O)c2ccccc2Cl)cc1. The van der Waals surface area contributed by atoms with Crippen LogP contribution in [-0.2, 0) is 0 Å². The van der Waals surface area contributed by atoms with Crippen molar-refractivity contribution in [2.75, 3.05) is 11.4 Å². The second-order valence-corrected chi connectivity index (χ2v) is 7.44. The third-order valence-corrected chi connectivity index (χ3v) is 5.51. The molecule has 0 atom stereocenters. The summed E-state index contributed by atoms with van der Waals surface area (Å²) in [5.41, 5.74) is 0.340. The number of para-hydroxylation sites is 1. The van der Waals surface area contributed by atoms with Gasteiger partial charge in [-0.1, -0.05) is 35.9 Å². The van der Waals surface area contributed by atoms with Crippen LogP contribution in [0.2, 0.25) is 5.02 Å². The lowest BCUT2D eigenvalue weighted by Crippen LogP contribution is -2.39. The first kappa shape index (κ1) is 22.1. The second kappa shape index (κ2) is 9.96. The van der Waals surface area contributed by atoms with Crippen LogP contribution < -0.4 is 14.4 Å². The maximum atomic E-state index is 13.0. The smallest absolute Gasteiger partial charge is 0.339 e. The number of nitro benzene ring substituents is 1. The molecule has 0 spiro atoms. The van der Waals surface area contributed by atoms with Gasteiger partial charge in [0, 0.05) is 18.0 Å². The Bertz CT molecular complexity index is 1120. The molecule has 0 fully saturated rings. The van der Waals surface area contributed by atoms with Crippen LogP contribution in [0.5, 0.6) is 5.75 Å². The molecule has 0 bridgehead atoms. The molecule has 0 saturated carbocycles.